The van der Waals surface area contributed by atoms with Gasteiger partial charge >= 0.3 is 0 Å². The van der Waals surface area contributed by atoms with Crippen molar-refractivity contribution < 1.29 is 27.1 Å². The lowest BCUT2D eigenvalue weighted by Crippen LogP contribution is -2.24. The maximum atomic E-state index is 13.9. The first-order valence-corrected chi connectivity index (χ1v) is 11.9. The topological polar surface area (TPSA) is 132 Å². The van der Waals surface area contributed by atoms with Gasteiger partial charge in [-0.2, -0.15) is 0 Å². The maximum absolute atomic E-state index is 13.9. The zero-order valence-electron chi connectivity index (χ0n) is 19.2. The minimum atomic E-state index is -3.90. The highest BCUT2D eigenvalue weighted by atomic mass is 32.2. The van der Waals surface area contributed by atoms with E-state index >= 15 is 0 Å². The Labute approximate surface area is 196 Å². The molecule has 0 fully saturated rings. The van der Waals surface area contributed by atoms with Gasteiger partial charge in [0.1, 0.15) is 0 Å². The number of ether oxygens (including phenoxy) is 1. The van der Waals surface area contributed by atoms with Crippen LogP contribution in [0.25, 0.3) is 10.9 Å². The van der Waals surface area contributed by atoms with Crippen LogP contribution < -0.4 is 15.8 Å². The summed E-state index contributed by atoms with van der Waals surface area (Å²) in [7, 11) is 0.515. The number of primary amides is 1. The highest BCUT2D eigenvalue weighted by molar-refractivity contribution is 7.91. The number of anilines is 2. The molecule has 0 aliphatic heterocycles. The van der Waals surface area contributed by atoms with Gasteiger partial charge in [-0.3, -0.25) is 14.6 Å². The molecule has 2 amide bonds. The Morgan fingerprint density at radius 2 is 1.91 bits per heavy atom. The molecule has 0 aliphatic carbocycles. The fourth-order valence-corrected chi connectivity index (χ4v) is 4.89. The second-order valence-electron chi connectivity index (χ2n) is 7.90. The van der Waals surface area contributed by atoms with Crippen LogP contribution in [0.3, 0.4) is 0 Å². The molecule has 1 heterocycles. The summed E-state index contributed by atoms with van der Waals surface area (Å²) in [5.41, 5.74) is 6.88. The third-order valence-corrected chi connectivity index (χ3v) is 6.91. The molecule has 3 aromatic rings. The summed E-state index contributed by atoms with van der Waals surface area (Å²) < 4.78 is 45.2. The molecule has 34 heavy (non-hydrogen) atoms. The third-order valence-electron chi connectivity index (χ3n) is 5.19. The van der Waals surface area contributed by atoms with Crippen LogP contribution in [0.5, 0.6) is 5.75 Å². The number of nitrogens with two attached hydrogens (primary N) is 1. The van der Waals surface area contributed by atoms with Gasteiger partial charge < -0.3 is 20.7 Å². The molecule has 0 spiro atoms. The van der Waals surface area contributed by atoms with Crippen molar-refractivity contribution in [2.24, 2.45) is 5.73 Å². The van der Waals surface area contributed by atoms with E-state index in [1.165, 1.54) is 42.5 Å². The fraction of sp³-hybridized carbons (Fsp3) is 0.261. The fourth-order valence-electron chi connectivity index (χ4n) is 3.40. The van der Waals surface area contributed by atoms with Gasteiger partial charge in [-0.05, 0) is 36.8 Å². The predicted molar refractivity (Wildman–Crippen MR) is 127 cm³/mol. The number of carbonyl (C=O) groups is 2. The number of fused-ring (bicyclic) bond motifs is 1. The number of hydrogen-bond acceptors (Lipinski definition) is 7. The molecule has 0 atom stereocenters. The first-order valence-electron chi connectivity index (χ1n) is 10.2. The molecular formula is C23H25FN4O5S. The average Bonchev–Trinajstić information content (AvgIpc) is 2.78. The number of benzene rings is 2. The number of hydrogen-bond donors (Lipinski definition) is 2. The maximum Gasteiger partial charge on any atom is 0.252 e. The largest absolute Gasteiger partial charge is 0.494 e. The molecule has 180 valence electrons. The first-order chi connectivity index (χ1) is 15.9. The summed E-state index contributed by atoms with van der Waals surface area (Å²) in [4.78, 5) is 29.6. The highest BCUT2D eigenvalue weighted by Gasteiger charge is 2.24. The number of methoxy groups -OCH3 is 1. The predicted octanol–water partition coefficient (Wildman–Crippen LogP) is 2.79. The normalized spacial score (nSPS) is 11.3. The van der Waals surface area contributed by atoms with Gasteiger partial charge in [-0.1, -0.05) is 0 Å². The van der Waals surface area contributed by atoms with E-state index in [1.54, 1.807) is 27.1 Å². The number of carbonyl (C=O) groups excluding carboxylic acids is 2. The van der Waals surface area contributed by atoms with E-state index in [1.807, 2.05) is 0 Å². The van der Waals surface area contributed by atoms with E-state index in [9.17, 15) is 22.4 Å². The number of nitrogens with one attached hydrogen (secondary N) is 1. The zero-order chi connectivity index (χ0) is 25.2. The van der Waals surface area contributed by atoms with Crippen LogP contribution in [0.2, 0.25) is 0 Å². The van der Waals surface area contributed by atoms with Crippen LogP contribution in [0.1, 0.15) is 22.3 Å². The van der Waals surface area contributed by atoms with Gasteiger partial charge in [-0.25, -0.2) is 12.8 Å². The summed E-state index contributed by atoms with van der Waals surface area (Å²) in [6.45, 7) is 1.70. The van der Waals surface area contributed by atoms with Crippen LogP contribution in [-0.2, 0) is 14.6 Å². The number of pyridine rings is 1. The van der Waals surface area contributed by atoms with Gasteiger partial charge in [0.2, 0.25) is 5.91 Å². The molecule has 3 N–H and O–H groups in total. The van der Waals surface area contributed by atoms with Crippen LogP contribution in [-0.4, -0.2) is 57.1 Å². The van der Waals surface area contributed by atoms with E-state index in [-0.39, 0.29) is 39.7 Å². The Morgan fingerprint density at radius 1 is 1.21 bits per heavy atom. The highest BCUT2D eigenvalue weighted by Crippen LogP contribution is 2.35. The molecule has 11 heteroatoms. The second-order valence-corrected chi connectivity index (χ2v) is 9.98. The number of sulfone groups is 1. The Hall–Kier alpha value is -3.73. The van der Waals surface area contributed by atoms with E-state index in [0.29, 0.717) is 16.6 Å². The van der Waals surface area contributed by atoms with Crippen molar-refractivity contribution in [3.63, 3.8) is 0 Å². The molecule has 1 aromatic heterocycles. The summed E-state index contributed by atoms with van der Waals surface area (Å²) in [5.74, 6) is -2.10. The first kappa shape index (κ1) is 24.9. The molecule has 0 bridgehead atoms. The Morgan fingerprint density at radius 3 is 2.53 bits per heavy atom. The minimum absolute atomic E-state index is 0.0195. The van der Waals surface area contributed by atoms with E-state index in [0.717, 1.165) is 0 Å². The van der Waals surface area contributed by atoms with Crippen LogP contribution in [0, 0.1) is 12.7 Å². The molecule has 0 saturated heterocycles. The Bertz CT molecular complexity index is 1390. The van der Waals surface area contributed by atoms with Crippen LogP contribution in [0.4, 0.5) is 15.8 Å². The summed E-state index contributed by atoms with van der Waals surface area (Å²) in [6, 6.07) is 7.17. The van der Waals surface area contributed by atoms with Gasteiger partial charge in [0.15, 0.2) is 21.4 Å². The van der Waals surface area contributed by atoms with Crippen molar-refractivity contribution >= 4 is 43.9 Å². The van der Waals surface area contributed by atoms with Gasteiger partial charge in [-0.15, -0.1) is 0 Å². The average molecular weight is 489 g/mol. The van der Waals surface area contributed by atoms with Gasteiger partial charge in [0.05, 0.1) is 34.5 Å². The van der Waals surface area contributed by atoms with Gasteiger partial charge in [0.25, 0.3) is 5.91 Å². The van der Waals surface area contributed by atoms with Crippen molar-refractivity contribution in [1.29, 1.82) is 0 Å². The molecule has 3 rings (SSSR count). The molecule has 0 saturated carbocycles. The van der Waals surface area contributed by atoms with Gasteiger partial charge in [0, 0.05) is 43.9 Å². The van der Waals surface area contributed by atoms with E-state index in [2.05, 4.69) is 10.3 Å². The zero-order valence-corrected chi connectivity index (χ0v) is 20.0. The molecule has 9 nitrogen and oxygen atoms in total. The Balaban J connectivity index is 2.19. The number of aromatic nitrogens is 1. The van der Waals surface area contributed by atoms with E-state index < -0.39 is 27.3 Å². The summed E-state index contributed by atoms with van der Waals surface area (Å²) >= 11 is 0. The number of amides is 2. The standard InChI is InChI=1S/C23H25FN4O5S/c1-13-9-15-21(27-14-5-6-17(24)18(11-14)33-4)16(23(25)30)12-26-22(15)19(10-13)34(31,32)8-7-20(29)28(2)3/h5-6,9-12H,7-8H2,1-4H3,(H2,25,30)(H,26,27). The lowest BCUT2D eigenvalue weighted by molar-refractivity contribution is -0.128. The van der Waals surface area contributed by atoms with Crippen molar-refractivity contribution in [2.75, 3.05) is 32.3 Å². The van der Waals surface area contributed by atoms with Crippen LogP contribution >= 0.6 is 0 Å². The number of aryl methyl sites for hydroxylation is 1. The van der Waals surface area contributed by atoms with Crippen molar-refractivity contribution in [3.8, 4) is 5.75 Å². The monoisotopic (exact) mass is 488 g/mol. The third kappa shape index (κ3) is 5.09. The van der Waals surface area contributed by atoms with E-state index in [4.69, 9.17) is 10.5 Å². The smallest absolute Gasteiger partial charge is 0.252 e. The SMILES string of the molecule is COc1cc(Nc2c(C(N)=O)cnc3c(S(=O)(=O)CCC(=O)N(C)C)cc(C)cc23)ccc1F. The number of halogens is 1. The lowest BCUT2D eigenvalue weighted by atomic mass is 10.1. The molecule has 0 radical (unpaired) electrons. The van der Waals surface area contributed by atoms with Crippen LogP contribution in [0.15, 0.2) is 41.4 Å². The van der Waals surface area contributed by atoms with Crippen molar-refractivity contribution in [3.05, 3.63) is 53.5 Å². The molecule has 2 aromatic carbocycles. The molecule has 0 unspecified atom stereocenters. The quantitative estimate of drug-likeness (QED) is 0.498. The molecular weight excluding hydrogens is 463 g/mol. The number of nitrogens with zero attached hydrogens (tertiary/aromatic N) is 2. The second kappa shape index (κ2) is 9.64. The lowest BCUT2D eigenvalue weighted by Gasteiger charge is -2.17. The van der Waals surface area contributed by atoms with Crippen molar-refractivity contribution in [1.82, 2.24) is 9.88 Å². The Kier molecular flexibility index (Phi) is 7.06. The van der Waals surface area contributed by atoms with Crippen molar-refractivity contribution in [2.45, 2.75) is 18.2 Å². The summed E-state index contributed by atoms with van der Waals surface area (Å²) in [5, 5.41) is 3.36. The molecule has 0 aliphatic rings. The summed E-state index contributed by atoms with van der Waals surface area (Å²) in [6.07, 6.45) is 0.998. The number of rotatable bonds is 8. The minimum Gasteiger partial charge on any atom is -0.494 e.